The topological polar surface area (TPSA) is 58.6 Å². The third kappa shape index (κ3) is 4.65. The van der Waals surface area contributed by atoms with Gasteiger partial charge in [-0.15, -0.1) is 0 Å². The fraction of sp³-hybridized carbons (Fsp3) is 0.966. The summed E-state index contributed by atoms with van der Waals surface area (Å²) in [6.07, 6.45) is 13.9. The Labute approximate surface area is 203 Å². The number of unbranched alkanes of at least 4 members (excludes halogenated alkanes) is 1. The van der Waals surface area contributed by atoms with Crippen molar-refractivity contribution in [2.75, 3.05) is 13.7 Å². The second kappa shape index (κ2) is 10.2. The molecule has 4 aliphatic rings. The third-order valence-corrected chi connectivity index (χ3v) is 11.4. The first-order valence-electron chi connectivity index (χ1n) is 14.2. The minimum absolute atomic E-state index is 0.0771. The highest BCUT2D eigenvalue weighted by molar-refractivity contribution is 5.69. The Kier molecular flexibility index (Phi) is 7.85. The van der Waals surface area contributed by atoms with Gasteiger partial charge < -0.3 is 15.2 Å². The maximum Gasteiger partial charge on any atom is 0.305 e. The fourth-order valence-corrected chi connectivity index (χ4v) is 9.52. The number of fused-ring (bicyclic) bond motifs is 5. The molecule has 0 radical (unpaired) electrons. The van der Waals surface area contributed by atoms with Crippen LogP contribution < -0.4 is 5.32 Å². The van der Waals surface area contributed by atoms with Gasteiger partial charge in [-0.05, 0) is 117 Å². The summed E-state index contributed by atoms with van der Waals surface area (Å²) in [6.45, 7) is 10.9. The first-order chi connectivity index (χ1) is 15.7. The highest BCUT2D eigenvalue weighted by Crippen LogP contribution is 2.68. The van der Waals surface area contributed by atoms with Gasteiger partial charge >= 0.3 is 5.97 Å². The van der Waals surface area contributed by atoms with Gasteiger partial charge in [0.2, 0.25) is 0 Å². The van der Waals surface area contributed by atoms with Crippen LogP contribution in [0.1, 0.15) is 105 Å². The van der Waals surface area contributed by atoms with Gasteiger partial charge in [0, 0.05) is 12.5 Å². The molecule has 4 aliphatic carbocycles. The molecular weight excluding hydrogens is 410 g/mol. The van der Waals surface area contributed by atoms with Crippen LogP contribution in [-0.4, -0.2) is 36.9 Å². The lowest BCUT2D eigenvalue weighted by Gasteiger charge is -2.62. The number of hydrogen-bond acceptors (Lipinski definition) is 4. The summed E-state index contributed by atoms with van der Waals surface area (Å²) in [5, 5.41) is 15.4. The number of carbonyl (C=O) groups is 1. The normalized spacial score (nSPS) is 45.6. The molecule has 4 saturated carbocycles. The molecule has 0 bridgehead atoms. The third-order valence-electron chi connectivity index (χ3n) is 11.4. The molecule has 0 aliphatic heterocycles. The summed E-state index contributed by atoms with van der Waals surface area (Å²) in [7, 11) is 1.49. The van der Waals surface area contributed by atoms with Gasteiger partial charge in [-0.25, -0.2) is 0 Å². The Morgan fingerprint density at radius 2 is 1.82 bits per heavy atom. The van der Waals surface area contributed by atoms with Crippen molar-refractivity contribution in [1.29, 1.82) is 0 Å². The Balaban J connectivity index is 1.45. The van der Waals surface area contributed by atoms with E-state index in [4.69, 9.17) is 4.74 Å². The summed E-state index contributed by atoms with van der Waals surface area (Å²) in [6, 6.07) is 0.652. The number of nitrogens with one attached hydrogen (secondary N) is 1. The predicted octanol–water partition coefficient (Wildman–Crippen LogP) is 5.96. The van der Waals surface area contributed by atoms with Crippen molar-refractivity contribution in [1.82, 2.24) is 5.32 Å². The number of esters is 1. The lowest BCUT2D eigenvalue weighted by Crippen LogP contribution is -2.59. The van der Waals surface area contributed by atoms with Crippen molar-refractivity contribution in [2.45, 2.75) is 117 Å². The summed E-state index contributed by atoms with van der Waals surface area (Å²) in [5.74, 6) is 3.62. The first kappa shape index (κ1) is 25.5. The van der Waals surface area contributed by atoms with E-state index in [-0.39, 0.29) is 12.1 Å². The SMILES string of the molecule is CCCCN[C@@H]1CC[C@]2(C)C3CC[C@@]4(C)C(CC[C@@H]4[C@H](C)CCC(=O)OC)C3[C@H](O)C[C@H]2C1. The standard InChI is InChI=1S/C29H51NO3/c1-6-7-16-30-21-12-14-28(3)20(17-21)18-25(31)27-23-10-9-22(19(2)8-11-26(32)33-5)29(23,4)15-13-24(27)28/h19-25,27,30-31H,6-18H2,1-5H3/t19-,20-,21-,22-,23?,24?,25-,27?,28+,29-/m1/s1. The van der Waals surface area contributed by atoms with Crippen LogP contribution >= 0.6 is 0 Å². The van der Waals surface area contributed by atoms with Crippen molar-refractivity contribution in [3.05, 3.63) is 0 Å². The van der Waals surface area contributed by atoms with Crippen molar-refractivity contribution >= 4 is 5.97 Å². The quantitative estimate of drug-likeness (QED) is 0.346. The molecule has 0 heterocycles. The van der Waals surface area contributed by atoms with Crippen molar-refractivity contribution in [3.63, 3.8) is 0 Å². The summed E-state index contributed by atoms with van der Waals surface area (Å²) < 4.78 is 4.90. The molecule has 0 spiro atoms. The zero-order valence-electron chi connectivity index (χ0n) is 22.1. The number of carbonyl (C=O) groups excluding carboxylic acids is 1. The number of rotatable bonds is 8. The molecule has 0 aromatic heterocycles. The Morgan fingerprint density at radius 3 is 2.55 bits per heavy atom. The number of aliphatic hydroxyl groups excluding tert-OH is 1. The number of methoxy groups -OCH3 is 1. The van der Waals surface area contributed by atoms with Crippen molar-refractivity contribution in [3.8, 4) is 0 Å². The van der Waals surface area contributed by atoms with Gasteiger partial charge in [-0.3, -0.25) is 4.79 Å². The summed E-state index contributed by atoms with van der Waals surface area (Å²) in [5.41, 5.74) is 0.725. The van der Waals surface area contributed by atoms with Crippen LogP contribution in [0.15, 0.2) is 0 Å². The smallest absolute Gasteiger partial charge is 0.305 e. The van der Waals surface area contributed by atoms with E-state index in [1.54, 1.807) is 0 Å². The van der Waals surface area contributed by atoms with Crippen LogP contribution in [0, 0.1) is 46.3 Å². The van der Waals surface area contributed by atoms with E-state index >= 15 is 0 Å². The van der Waals surface area contributed by atoms with E-state index < -0.39 is 0 Å². The van der Waals surface area contributed by atoms with Gasteiger partial charge in [0.15, 0.2) is 0 Å². The molecular formula is C29H51NO3. The zero-order valence-corrected chi connectivity index (χ0v) is 22.1. The van der Waals surface area contributed by atoms with Gasteiger partial charge in [-0.1, -0.05) is 34.1 Å². The minimum atomic E-state index is -0.129. The van der Waals surface area contributed by atoms with E-state index in [0.29, 0.717) is 58.8 Å². The van der Waals surface area contributed by atoms with E-state index in [2.05, 4.69) is 33.0 Å². The predicted molar refractivity (Wildman–Crippen MR) is 134 cm³/mol. The summed E-state index contributed by atoms with van der Waals surface area (Å²) >= 11 is 0. The van der Waals surface area contributed by atoms with E-state index in [0.717, 1.165) is 19.4 Å². The summed E-state index contributed by atoms with van der Waals surface area (Å²) in [4.78, 5) is 11.7. The molecule has 4 fully saturated rings. The molecule has 4 heteroatoms. The second-order valence-electron chi connectivity index (χ2n) is 12.9. The van der Waals surface area contributed by atoms with Gasteiger partial charge in [0.25, 0.3) is 0 Å². The van der Waals surface area contributed by atoms with Crippen LogP contribution in [0.2, 0.25) is 0 Å². The Morgan fingerprint density at radius 1 is 1.09 bits per heavy atom. The highest BCUT2D eigenvalue weighted by Gasteiger charge is 2.62. The molecule has 10 atom stereocenters. The van der Waals surface area contributed by atoms with Gasteiger partial charge in [-0.2, -0.15) is 0 Å². The largest absolute Gasteiger partial charge is 0.469 e. The lowest BCUT2D eigenvalue weighted by molar-refractivity contribution is -0.167. The highest BCUT2D eigenvalue weighted by atomic mass is 16.5. The van der Waals surface area contributed by atoms with Gasteiger partial charge in [0.1, 0.15) is 0 Å². The minimum Gasteiger partial charge on any atom is -0.469 e. The molecule has 4 nitrogen and oxygen atoms in total. The Hall–Kier alpha value is -0.610. The Bertz CT molecular complexity index is 682. The second-order valence-corrected chi connectivity index (χ2v) is 12.9. The van der Waals surface area contributed by atoms with E-state index in [9.17, 15) is 9.90 Å². The molecule has 0 saturated heterocycles. The van der Waals surface area contributed by atoms with Crippen LogP contribution in [0.3, 0.4) is 0 Å². The van der Waals surface area contributed by atoms with E-state index in [1.165, 1.54) is 64.9 Å². The number of hydrogen-bond donors (Lipinski definition) is 2. The van der Waals surface area contributed by atoms with E-state index in [1.807, 2.05) is 0 Å². The molecule has 0 amide bonds. The monoisotopic (exact) mass is 461 g/mol. The molecule has 190 valence electrons. The molecule has 2 N–H and O–H groups in total. The van der Waals surface area contributed by atoms with Crippen LogP contribution in [0.25, 0.3) is 0 Å². The maximum absolute atomic E-state index is 11.7. The average molecular weight is 462 g/mol. The molecule has 4 rings (SSSR count). The fourth-order valence-electron chi connectivity index (χ4n) is 9.52. The van der Waals surface area contributed by atoms with Gasteiger partial charge in [0.05, 0.1) is 13.2 Å². The lowest BCUT2D eigenvalue weighted by atomic mass is 9.43. The number of ether oxygens (including phenoxy) is 1. The molecule has 0 aromatic rings. The van der Waals surface area contributed by atoms with Crippen molar-refractivity contribution in [2.24, 2.45) is 46.3 Å². The van der Waals surface area contributed by atoms with Crippen LogP contribution in [0.5, 0.6) is 0 Å². The average Bonchev–Trinajstić information content (AvgIpc) is 3.15. The first-order valence-corrected chi connectivity index (χ1v) is 14.2. The molecule has 3 unspecified atom stereocenters. The molecule has 33 heavy (non-hydrogen) atoms. The van der Waals surface area contributed by atoms with Crippen molar-refractivity contribution < 1.29 is 14.6 Å². The van der Waals surface area contributed by atoms with Crippen LogP contribution in [-0.2, 0) is 9.53 Å². The molecule has 0 aromatic carbocycles. The zero-order chi connectivity index (χ0) is 23.8. The van der Waals surface area contributed by atoms with Crippen LogP contribution in [0.4, 0.5) is 0 Å². The maximum atomic E-state index is 11.7. The number of aliphatic hydroxyl groups is 1.